The lowest BCUT2D eigenvalue weighted by Crippen LogP contribution is -2.53. The molecular formula is C34H52O5. The molecule has 7 atom stereocenters. The van der Waals surface area contributed by atoms with E-state index in [0.717, 1.165) is 32.1 Å². The second-order valence-corrected chi connectivity index (χ2v) is 16.0. The molecule has 0 aromatic heterocycles. The summed E-state index contributed by atoms with van der Waals surface area (Å²) in [4.78, 5) is 23.3. The monoisotopic (exact) mass is 540 g/mol. The van der Waals surface area contributed by atoms with Crippen molar-refractivity contribution in [2.45, 2.75) is 118 Å². The number of ether oxygens (including phenoxy) is 2. The third-order valence-electron chi connectivity index (χ3n) is 11.4. The van der Waals surface area contributed by atoms with Gasteiger partial charge in [-0.05, 0) is 80.5 Å². The highest BCUT2D eigenvalue weighted by molar-refractivity contribution is 5.75. The smallest absolute Gasteiger partial charge is 0.309 e. The fourth-order valence-electron chi connectivity index (χ4n) is 9.38. The molecule has 2 heterocycles. The highest BCUT2D eigenvalue weighted by Gasteiger charge is 2.55. The molecule has 218 valence electrons. The van der Waals surface area contributed by atoms with Crippen molar-refractivity contribution < 1.29 is 24.2 Å². The van der Waals surface area contributed by atoms with Crippen molar-refractivity contribution in [1.29, 1.82) is 0 Å². The van der Waals surface area contributed by atoms with E-state index in [0.29, 0.717) is 42.8 Å². The Hall–Kier alpha value is -1.62. The van der Waals surface area contributed by atoms with Gasteiger partial charge in [-0.25, -0.2) is 0 Å². The van der Waals surface area contributed by atoms with Crippen LogP contribution in [-0.4, -0.2) is 35.9 Å². The molecule has 0 aromatic carbocycles. The van der Waals surface area contributed by atoms with Gasteiger partial charge in [-0.1, -0.05) is 71.8 Å². The van der Waals surface area contributed by atoms with Gasteiger partial charge in [-0.3, -0.25) is 9.59 Å². The van der Waals surface area contributed by atoms with Gasteiger partial charge in [0.2, 0.25) is 0 Å². The Labute approximate surface area is 236 Å². The van der Waals surface area contributed by atoms with Crippen LogP contribution in [0, 0.1) is 45.3 Å². The van der Waals surface area contributed by atoms with Gasteiger partial charge in [-0.2, -0.15) is 0 Å². The van der Waals surface area contributed by atoms with Crippen LogP contribution in [0.15, 0.2) is 23.8 Å². The molecule has 6 aliphatic rings. The van der Waals surface area contributed by atoms with Crippen LogP contribution in [0.4, 0.5) is 0 Å². The largest absolute Gasteiger partial charge is 0.465 e. The molecule has 0 aromatic rings. The maximum atomic E-state index is 11.7. The van der Waals surface area contributed by atoms with Crippen molar-refractivity contribution in [3.05, 3.63) is 23.8 Å². The van der Waals surface area contributed by atoms with E-state index in [1.54, 1.807) is 5.57 Å². The Kier molecular flexibility index (Phi) is 7.43. The molecule has 0 radical (unpaired) electrons. The fourth-order valence-corrected chi connectivity index (χ4v) is 9.38. The first-order chi connectivity index (χ1) is 18.1. The van der Waals surface area contributed by atoms with Crippen LogP contribution in [0.1, 0.15) is 112 Å². The van der Waals surface area contributed by atoms with Crippen molar-refractivity contribution in [2.24, 2.45) is 45.3 Å². The van der Waals surface area contributed by atoms with Crippen molar-refractivity contribution in [1.82, 2.24) is 0 Å². The summed E-state index contributed by atoms with van der Waals surface area (Å²) in [5.74, 6) is 0.731. The van der Waals surface area contributed by atoms with Crippen molar-refractivity contribution >= 4 is 11.9 Å². The molecule has 2 saturated heterocycles. The Bertz CT molecular complexity index is 1040. The number of allylic oxidation sites excluding steroid dienone is 2. The van der Waals surface area contributed by atoms with Gasteiger partial charge < -0.3 is 14.6 Å². The van der Waals surface area contributed by atoms with E-state index >= 15 is 0 Å². The first kappa shape index (κ1) is 28.9. The molecule has 5 nitrogen and oxygen atoms in total. The van der Waals surface area contributed by atoms with Crippen LogP contribution < -0.4 is 0 Å². The Morgan fingerprint density at radius 1 is 0.846 bits per heavy atom. The summed E-state index contributed by atoms with van der Waals surface area (Å²) in [6.45, 7) is 15.1. The number of carbonyl (C=O) groups is 2. The number of fused-ring (bicyclic) bond motifs is 2. The molecule has 0 bridgehead atoms. The molecule has 2 saturated carbocycles. The SMILES string of the molecule is CC1(C)CC=CC(C)([C@]2(O)CC[C@@H]3C(=O)OC[C@@H]3C2)C1.CC1(C)CCCC(C)(C2=C[C@H]3COC(=O)[C@H]3CC2)C1. The average Bonchev–Trinajstić information content (AvgIpc) is 3.39. The first-order valence-electron chi connectivity index (χ1n) is 15.6. The van der Waals surface area contributed by atoms with Gasteiger partial charge in [0.25, 0.3) is 0 Å². The van der Waals surface area contributed by atoms with Gasteiger partial charge in [0.15, 0.2) is 0 Å². The molecular weight excluding hydrogens is 488 g/mol. The second kappa shape index (κ2) is 10.0. The van der Waals surface area contributed by atoms with Crippen LogP contribution in [-0.2, 0) is 19.1 Å². The fraction of sp³-hybridized carbons (Fsp3) is 0.824. The molecule has 4 aliphatic carbocycles. The van der Waals surface area contributed by atoms with E-state index in [1.165, 1.54) is 25.7 Å². The highest BCUT2D eigenvalue weighted by atomic mass is 16.5. The van der Waals surface area contributed by atoms with Crippen LogP contribution in [0.25, 0.3) is 0 Å². The lowest BCUT2D eigenvalue weighted by Gasteiger charge is -2.52. The van der Waals surface area contributed by atoms with Crippen LogP contribution in [0.3, 0.4) is 0 Å². The summed E-state index contributed by atoms with van der Waals surface area (Å²) in [5, 5.41) is 11.3. The van der Waals surface area contributed by atoms with E-state index in [2.05, 4.69) is 59.8 Å². The number of aliphatic hydroxyl groups is 1. The third kappa shape index (κ3) is 5.63. The summed E-state index contributed by atoms with van der Waals surface area (Å²) >= 11 is 0. The van der Waals surface area contributed by atoms with Gasteiger partial charge >= 0.3 is 11.9 Å². The highest BCUT2D eigenvalue weighted by Crippen LogP contribution is 2.56. The van der Waals surface area contributed by atoms with Gasteiger partial charge in [0, 0.05) is 17.3 Å². The summed E-state index contributed by atoms with van der Waals surface area (Å²) < 4.78 is 10.4. The summed E-state index contributed by atoms with van der Waals surface area (Å²) in [7, 11) is 0. The minimum Gasteiger partial charge on any atom is -0.465 e. The maximum absolute atomic E-state index is 11.7. The molecule has 4 fully saturated rings. The zero-order valence-corrected chi connectivity index (χ0v) is 25.3. The minimum atomic E-state index is -0.698. The molecule has 2 unspecified atom stereocenters. The molecule has 1 N–H and O–H groups in total. The lowest BCUT2D eigenvalue weighted by molar-refractivity contribution is -0.144. The molecule has 5 heteroatoms. The van der Waals surface area contributed by atoms with Gasteiger partial charge in [0.05, 0.1) is 30.7 Å². The quantitative estimate of drug-likeness (QED) is 0.297. The molecule has 2 aliphatic heterocycles. The van der Waals surface area contributed by atoms with Gasteiger partial charge in [0.1, 0.15) is 0 Å². The van der Waals surface area contributed by atoms with Crippen LogP contribution >= 0.6 is 0 Å². The zero-order valence-electron chi connectivity index (χ0n) is 25.3. The first-order valence-corrected chi connectivity index (χ1v) is 15.6. The molecule has 0 spiro atoms. The van der Waals surface area contributed by atoms with Crippen molar-refractivity contribution in [3.8, 4) is 0 Å². The lowest BCUT2D eigenvalue weighted by atomic mass is 9.55. The van der Waals surface area contributed by atoms with E-state index in [9.17, 15) is 14.7 Å². The summed E-state index contributed by atoms with van der Waals surface area (Å²) in [6.07, 6.45) is 18.5. The standard InChI is InChI=1S/C17H26O3.C17H26O2/c1-15(2)6-4-7-16(3,11-15)17(19)8-5-13-12(9-17)10-20-14(13)18;1-16(2)7-4-8-17(3,11-16)13-5-6-14-12(9-13)10-19-15(14)18/h4,7,12-13,19H,5-6,8-11H2,1-3H3;9,12,14H,4-8,10-11H2,1-3H3/t12-,13-,16?,17-;12-,14-,17?/m00/s1. The number of rotatable bonds is 2. The zero-order chi connectivity index (χ0) is 28.3. The Balaban J connectivity index is 0.000000158. The normalized spacial score (nSPS) is 44.2. The Morgan fingerprint density at radius 3 is 2.28 bits per heavy atom. The van der Waals surface area contributed by atoms with E-state index < -0.39 is 5.60 Å². The number of esters is 2. The predicted molar refractivity (Wildman–Crippen MR) is 153 cm³/mol. The number of cyclic esters (lactones) is 2. The van der Waals surface area contributed by atoms with Crippen LogP contribution in [0.5, 0.6) is 0 Å². The average molecular weight is 541 g/mol. The topological polar surface area (TPSA) is 72.8 Å². The van der Waals surface area contributed by atoms with Gasteiger partial charge in [-0.15, -0.1) is 0 Å². The predicted octanol–water partition coefficient (Wildman–Crippen LogP) is 7.18. The second-order valence-electron chi connectivity index (χ2n) is 16.0. The van der Waals surface area contributed by atoms with E-state index in [4.69, 9.17) is 9.47 Å². The van der Waals surface area contributed by atoms with Crippen molar-refractivity contribution in [3.63, 3.8) is 0 Å². The Morgan fingerprint density at radius 2 is 1.56 bits per heavy atom. The minimum absolute atomic E-state index is 0.0273. The van der Waals surface area contributed by atoms with Crippen molar-refractivity contribution in [2.75, 3.05) is 13.2 Å². The maximum Gasteiger partial charge on any atom is 0.309 e. The van der Waals surface area contributed by atoms with E-state index in [-0.39, 0.29) is 40.5 Å². The number of hydrogen-bond donors (Lipinski definition) is 1. The molecule has 6 rings (SSSR count). The van der Waals surface area contributed by atoms with E-state index in [1.807, 2.05) is 0 Å². The van der Waals surface area contributed by atoms with Crippen LogP contribution in [0.2, 0.25) is 0 Å². The number of carbonyl (C=O) groups excluding carboxylic acids is 2. The number of hydrogen-bond acceptors (Lipinski definition) is 5. The third-order valence-corrected chi connectivity index (χ3v) is 11.4. The molecule has 39 heavy (non-hydrogen) atoms. The molecule has 0 amide bonds. The summed E-state index contributed by atoms with van der Waals surface area (Å²) in [6, 6.07) is 0. The summed E-state index contributed by atoms with van der Waals surface area (Å²) in [5.41, 5.74) is 1.78.